The highest BCUT2D eigenvalue weighted by Gasteiger charge is 2.12. The van der Waals surface area contributed by atoms with Crippen molar-refractivity contribution in [2.45, 2.75) is 6.54 Å². The van der Waals surface area contributed by atoms with Crippen molar-refractivity contribution in [1.82, 2.24) is 9.55 Å². The maximum Gasteiger partial charge on any atom is 0.297 e. The Hall–Kier alpha value is -1.40. The summed E-state index contributed by atoms with van der Waals surface area (Å²) in [6, 6.07) is 4.61. The molecule has 1 aromatic carbocycles. The molecule has 0 unspecified atom stereocenters. The number of nitrogens with zero attached hydrogens (tertiary/aromatic N) is 2. The van der Waals surface area contributed by atoms with E-state index in [9.17, 15) is 9.18 Å². The second-order valence-electron chi connectivity index (χ2n) is 3.71. The zero-order valence-corrected chi connectivity index (χ0v) is 12.2. The highest BCUT2D eigenvalue weighted by molar-refractivity contribution is 9.10. The maximum atomic E-state index is 13.4. The zero-order valence-electron chi connectivity index (χ0n) is 9.86. The Labute approximate surface area is 121 Å². The molecular weight excluding hydrogens is 338 g/mol. The summed E-state index contributed by atoms with van der Waals surface area (Å²) >= 11 is 8.89. The van der Waals surface area contributed by atoms with Crippen LogP contribution in [0.2, 0.25) is 5.15 Å². The predicted molar refractivity (Wildman–Crippen MR) is 73.3 cm³/mol. The Kier molecular flexibility index (Phi) is 4.21. The summed E-state index contributed by atoms with van der Waals surface area (Å²) in [5.41, 5.74) is 0.201. The van der Waals surface area contributed by atoms with Crippen LogP contribution in [0.15, 0.2) is 33.8 Å². The number of rotatable bonds is 3. The lowest BCUT2D eigenvalue weighted by Gasteiger charge is -2.09. The largest absolute Gasteiger partial charge is 0.489 e. The Balaban J connectivity index is 2.45. The molecule has 2 rings (SSSR count). The first-order chi connectivity index (χ1) is 9.04. The van der Waals surface area contributed by atoms with E-state index in [1.165, 1.54) is 24.1 Å². The summed E-state index contributed by atoms with van der Waals surface area (Å²) in [7, 11) is 1.34. The molecule has 2 aromatic rings. The van der Waals surface area contributed by atoms with Gasteiger partial charge < -0.3 is 4.74 Å². The fraction of sp³-hybridized carbons (Fsp3) is 0.167. The Morgan fingerprint density at radius 3 is 2.95 bits per heavy atom. The van der Waals surface area contributed by atoms with Crippen LogP contribution < -0.4 is 10.3 Å². The van der Waals surface area contributed by atoms with Gasteiger partial charge in [-0.2, -0.15) is 0 Å². The van der Waals surface area contributed by atoms with Gasteiger partial charge in [0.05, 0.1) is 24.5 Å². The average molecular weight is 348 g/mol. The van der Waals surface area contributed by atoms with Gasteiger partial charge in [-0.1, -0.05) is 23.7 Å². The lowest BCUT2D eigenvalue weighted by Crippen LogP contribution is -2.22. The van der Waals surface area contributed by atoms with Crippen molar-refractivity contribution in [2.75, 3.05) is 7.11 Å². The maximum absolute atomic E-state index is 13.4. The van der Waals surface area contributed by atoms with Gasteiger partial charge in [0.15, 0.2) is 5.15 Å². The topological polar surface area (TPSA) is 44.1 Å². The smallest absolute Gasteiger partial charge is 0.297 e. The van der Waals surface area contributed by atoms with Crippen molar-refractivity contribution in [1.29, 1.82) is 0 Å². The van der Waals surface area contributed by atoms with Crippen molar-refractivity contribution in [2.24, 2.45) is 0 Å². The molecule has 0 aliphatic heterocycles. The summed E-state index contributed by atoms with van der Waals surface area (Å²) in [5, 5.41) is 0.00191. The molecule has 1 aromatic heterocycles. The molecule has 0 bridgehead atoms. The van der Waals surface area contributed by atoms with Crippen molar-refractivity contribution >= 4 is 27.5 Å². The first-order valence-electron chi connectivity index (χ1n) is 5.26. The molecule has 0 saturated carbocycles. The van der Waals surface area contributed by atoms with Crippen molar-refractivity contribution in [3.05, 3.63) is 55.9 Å². The molecule has 0 aliphatic carbocycles. The third kappa shape index (κ3) is 2.79. The number of ether oxygens (including phenoxy) is 1. The summed E-state index contributed by atoms with van der Waals surface area (Å²) < 4.78 is 19.9. The molecule has 19 heavy (non-hydrogen) atoms. The molecule has 0 N–H and O–H groups in total. The monoisotopic (exact) mass is 346 g/mol. The lowest BCUT2D eigenvalue weighted by molar-refractivity contribution is 0.400. The molecule has 4 nitrogen and oxygen atoms in total. The van der Waals surface area contributed by atoms with Crippen molar-refractivity contribution < 1.29 is 9.13 Å². The van der Waals surface area contributed by atoms with E-state index in [0.717, 1.165) is 0 Å². The molecule has 100 valence electrons. The molecule has 0 fully saturated rings. The van der Waals surface area contributed by atoms with E-state index >= 15 is 0 Å². The second-order valence-corrected chi connectivity index (χ2v) is 4.87. The van der Waals surface area contributed by atoms with E-state index < -0.39 is 5.56 Å². The van der Waals surface area contributed by atoms with Gasteiger partial charge in [-0.25, -0.2) is 9.37 Å². The molecule has 1 heterocycles. The van der Waals surface area contributed by atoms with Crippen LogP contribution in [0.25, 0.3) is 0 Å². The molecule has 7 heteroatoms. The molecule has 0 atom stereocenters. The van der Waals surface area contributed by atoms with Gasteiger partial charge >= 0.3 is 0 Å². The fourth-order valence-electron chi connectivity index (χ4n) is 1.59. The minimum Gasteiger partial charge on any atom is -0.489 e. The van der Waals surface area contributed by atoms with Crippen LogP contribution >= 0.6 is 27.5 Å². The molecule has 0 saturated heterocycles. The number of methoxy groups -OCH3 is 1. The van der Waals surface area contributed by atoms with E-state index in [0.29, 0.717) is 10.0 Å². The van der Waals surface area contributed by atoms with Crippen molar-refractivity contribution in [3.8, 4) is 5.75 Å². The highest BCUT2D eigenvalue weighted by atomic mass is 79.9. The van der Waals surface area contributed by atoms with E-state index in [-0.39, 0.29) is 23.3 Å². The molecule has 0 aliphatic rings. The quantitative estimate of drug-likeness (QED) is 0.802. The first-order valence-corrected chi connectivity index (χ1v) is 6.43. The minimum absolute atomic E-state index is 0.00191. The first kappa shape index (κ1) is 14.0. The third-order valence-corrected chi connectivity index (χ3v) is 3.69. The van der Waals surface area contributed by atoms with Crippen LogP contribution in [0.5, 0.6) is 5.75 Å². The summed E-state index contributed by atoms with van der Waals surface area (Å²) in [4.78, 5) is 15.9. The summed E-state index contributed by atoms with van der Waals surface area (Å²) in [5.74, 6) is -0.420. The molecular formula is C12H9BrClFN2O2. The van der Waals surface area contributed by atoms with Crippen LogP contribution in [0.1, 0.15) is 5.56 Å². The Morgan fingerprint density at radius 1 is 1.53 bits per heavy atom. The molecule has 0 amide bonds. The van der Waals surface area contributed by atoms with Crippen LogP contribution in [0.3, 0.4) is 0 Å². The lowest BCUT2D eigenvalue weighted by atomic mass is 10.2. The SMILES string of the molecule is COc1c(Cl)ncn(Cc2cccc(F)c2Br)c1=O. The second kappa shape index (κ2) is 5.71. The van der Waals surface area contributed by atoms with E-state index in [1.807, 2.05) is 0 Å². The van der Waals surface area contributed by atoms with Gasteiger partial charge in [-0.15, -0.1) is 0 Å². The standard InChI is InChI=1S/C12H9BrClFN2O2/c1-19-10-11(14)16-6-17(12(10)18)5-7-3-2-4-8(15)9(7)13/h2-4,6H,5H2,1H3. The summed E-state index contributed by atoms with van der Waals surface area (Å²) in [6.45, 7) is 0.164. The van der Waals surface area contributed by atoms with Gasteiger partial charge in [0.2, 0.25) is 5.75 Å². The third-order valence-electron chi connectivity index (χ3n) is 2.53. The molecule has 0 spiro atoms. The van der Waals surface area contributed by atoms with E-state index in [1.54, 1.807) is 12.1 Å². The van der Waals surface area contributed by atoms with Gasteiger partial charge in [0, 0.05) is 0 Å². The van der Waals surface area contributed by atoms with Crippen LogP contribution in [-0.4, -0.2) is 16.7 Å². The zero-order chi connectivity index (χ0) is 14.0. The van der Waals surface area contributed by atoms with Gasteiger partial charge in [0.25, 0.3) is 5.56 Å². The summed E-state index contributed by atoms with van der Waals surface area (Å²) in [6.07, 6.45) is 1.30. The average Bonchev–Trinajstić information content (AvgIpc) is 2.39. The van der Waals surface area contributed by atoms with E-state index in [2.05, 4.69) is 20.9 Å². The minimum atomic E-state index is -0.418. The van der Waals surface area contributed by atoms with Crippen molar-refractivity contribution in [3.63, 3.8) is 0 Å². The van der Waals surface area contributed by atoms with Gasteiger partial charge in [-0.05, 0) is 27.6 Å². The predicted octanol–water partition coefficient (Wildman–Crippen LogP) is 2.86. The fourth-order valence-corrected chi connectivity index (χ4v) is 2.18. The number of hydrogen-bond acceptors (Lipinski definition) is 3. The number of halogens is 3. The van der Waals surface area contributed by atoms with Crippen LogP contribution in [0, 0.1) is 5.82 Å². The van der Waals surface area contributed by atoms with E-state index in [4.69, 9.17) is 16.3 Å². The Bertz CT molecular complexity index is 675. The number of hydrogen-bond donors (Lipinski definition) is 0. The van der Waals surface area contributed by atoms with Gasteiger partial charge in [0.1, 0.15) is 5.82 Å². The normalized spacial score (nSPS) is 10.5. The van der Waals surface area contributed by atoms with Gasteiger partial charge in [-0.3, -0.25) is 9.36 Å². The number of benzene rings is 1. The van der Waals surface area contributed by atoms with Crippen LogP contribution in [-0.2, 0) is 6.54 Å². The molecule has 0 radical (unpaired) electrons. The Morgan fingerprint density at radius 2 is 2.26 bits per heavy atom. The van der Waals surface area contributed by atoms with Crippen LogP contribution in [0.4, 0.5) is 4.39 Å². The highest BCUT2D eigenvalue weighted by Crippen LogP contribution is 2.21. The number of aromatic nitrogens is 2.